The Balaban J connectivity index is 1.62. The summed E-state index contributed by atoms with van der Waals surface area (Å²) < 4.78 is 7.39. The first-order chi connectivity index (χ1) is 15.3. The van der Waals surface area contributed by atoms with Crippen molar-refractivity contribution in [3.8, 4) is 34.5 Å². The van der Waals surface area contributed by atoms with Crippen LogP contribution in [0.1, 0.15) is 24.0 Å². The van der Waals surface area contributed by atoms with Crippen LogP contribution in [0.5, 0.6) is 6.01 Å². The fraction of sp³-hybridized carbons (Fsp3) is 0.240. The summed E-state index contributed by atoms with van der Waals surface area (Å²) in [4.78, 5) is 11.9. The maximum absolute atomic E-state index is 9.15. The number of likely N-dealkylation sites (tertiary alicyclic amines) is 1. The Bertz CT molecular complexity index is 1250. The van der Waals surface area contributed by atoms with E-state index in [1.807, 2.05) is 34.9 Å². The highest BCUT2D eigenvalue weighted by atomic mass is 16.5. The van der Waals surface area contributed by atoms with Crippen molar-refractivity contribution in [1.82, 2.24) is 19.3 Å². The van der Waals surface area contributed by atoms with E-state index in [0.29, 0.717) is 11.6 Å². The van der Waals surface area contributed by atoms with Crippen molar-refractivity contribution in [1.29, 1.82) is 5.26 Å². The SMILES string of the molecule is COc1nc(-c2ccc(C#N)cc2)c(-c2ccc(CN3CCCC3)cc2)c2nccn12. The number of ether oxygens (including phenoxy) is 1. The lowest BCUT2D eigenvalue weighted by Crippen LogP contribution is -2.18. The molecule has 1 saturated heterocycles. The molecule has 5 rings (SSSR count). The first kappa shape index (κ1) is 19.3. The number of nitrogens with zero attached hydrogens (tertiary/aromatic N) is 5. The molecule has 6 nitrogen and oxygen atoms in total. The van der Waals surface area contributed by atoms with Gasteiger partial charge in [-0.2, -0.15) is 10.2 Å². The molecule has 0 bridgehead atoms. The molecule has 1 aliphatic rings. The fourth-order valence-electron chi connectivity index (χ4n) is 4.25. The number of fused-ring (bicyclic) bond motifs is 1. The van der Waals surface area contributed by atoms with E-state index >= 15 is 0 Å². The van der Waals surface area contributed by atoms with Crippen molar-refractivity contribution >= 4 is 5.65 Å². The highest BCUT2D eigenvalue weighted by Crippen LogP contribution is 2.36. The van der Waals surface area contributed by atoms with E-state index in [2.05, 4.69) is 40.2 Å². The van der Waals surface area contributed by atoms with E-state index in [-0.39, 0.29) is 0 Å². The molecule has 0 unspecified atom stereocenters. The van der Waals surface area contributed by atoms with Crippen LogP contribution < -0.4 is 4.74 Å². The molecule has 0 saturated carbocycles. The molecular weight excluding hydrogens is 386 g/mol. The van der Waals surface area contributed by atoms with E-state index in [1.165, 1.54) is 31.5 Å². The third-order valence-electron chi connectivity index (χ3n) is 5.83. The van der Waals surface area contributed by atoms with E-state index in [1.54, 1.807) is 13.3 Å². The molecule has 0 amide bonds. The second-order valence-electron chi connectivity index (χ2n) is 7.81. The van der Waals surface area contributed by atoms with Gasteiger partial charge < -0.3 is 4.74 Å². The molecule has 0 radical (unpaired) electrons. The zero-order valence-electron chi connectivity index (χ0n) is 17.5. The minimum absolute atomic E-state index is 0.473. The van der Waals surface area contributed by atoms with Gasteiger partial charge in [-0.25, -0.2) is 4.98 Å². The maximum atomic E-state index is 9.15. The highest BCUT2D eigenvalue weighted by molar-refractivity contribution is 5.90. The Kier molecular flexibility index (Phi) is 5.11. The van der Waals surface area contributed by atoms with Crippen molar-refractivity contribution in [2.75, 3.05) is 20.2 Å². The second-order valence-corrected chi connectivity index (χ2v) is 7.81. The van der Waals surface area contributed by atoms with Gasteiger partial charge in [-0.15, -0.1) is 0 Å². The van der Waals surface area contributed by atoms with Gasteiger partial charge in [-0.05, 0) is 49.2 Å². The van der Waals surface area contributed by atoms with E-state index in [0.717, 1.165) is 34.6 Å². The van der Waals surface area contributed by atoms with Crippen LogP contribution >= 0.6 is 0 Å². The molecule has 154 valence electrons. The molecule has 1 aliphatic heterocycles. The molecule has 3 heterocycles. The van der Waals surface area contributed by atoms with Crippen molar-refractivity contribution in [3.05, 3.63) is 72.1 Å². The topological polar surface area (TPSA) is 66.5 Å². The number of nitriles is 1. The van der Waals surface area contributed by atoms with Gasteiger partial charge in [0.1, 0.15) is 0 Å². The average molecular weight is 409 g/mol. The second kappa shape index (κ2) is 8.21. The fourth-order valence-corrected chi connectivity index (χ4v) is 4.25. The number of hydrogen-bond donors (Lipinski definition) is 0. The van der Waals surface area contributed by atoms with E-state index < -0.39 is 0 Å². The third kappa shape index (κ3) is 3.65. The van der Waals surface area contributed by atoms with Crippen molar-refractivity contribution < 1.29 is 4.74 Å². The molecule has 4 aromatic rings. The Labute approximate surface area is 181 Å². The van der Waals surface area contributed by atoms with Crippen LogP contribution in [0.25, 0.3) is 28.0 Å². The maximum Gasteiger partial charge on any atom is 0.302 e. The standard InChI is InChI=1S/C25H23N5O/c1-31-25-28-23(21-10-4-18(16-26)5-11-21)22(24-27-12-15-30(24)25)20-8-6-19(7-9-20)17-29-13-2-3-14-29/h4-12,15H,2-3,13-14,17H2,1H3. The predicted octanol–water partition coefficient (Wildman–Crippen LogP) is 4.54. The number of imidazole rings is 1. The Morgan fingerprint density at radius 1 is 1.00 bits per heavy atom. The van der Waals surface area contributed by atoms with Crippen molar-refractivity contribution in [3.63, 3.8) is 0 Å². The molecule has 0 aliphatic carbocycles. The highest BCUT2D eigenvalue weighted by Gasteiger charge is 2.19. The van der Waals surface area contributed by atoms with Crippen LogP contribution in [-0.4, -0.2) is 39.5 Å². The molecule has 0 atom stereocenters. The summed E-state index contributed by atoms with van der Waals surface area (Å²) >= 11 is 0. The molecular formula is C25H23N5O. The summed E-state index contributed by atoms with van der Waals surface area (Å²) in [6.07, 6.45) is 6.20. The summed E-state index contributed by atoms with van der Waals surface area (Å²) in [6.45, 7) is 3.35. The minimum atomic E-state index is 0.473. The van der Waals surface area contributed by atoms with E-state index in [9.17, 15) is 0 Å². The smallest absolute Gasteiger partial charge is 0.302 e. The van der Waals surface area contributed by atoms with Gasteiger partial charge in [0.25, 0.3) is 0 Å². The van der Waals surface area contributed by atoms with Gasteiger partial charge in [-0.3, -0.25) is 9.30 Å². The average Bonchev–Trinajstić information content (AvgIpc) is 3.51. The van der Waals surface area contributed by atoms with Gasteiger partial charge >= 0.3 is 6.01 Å². The number of benzene rings is 2. The molecule has 0 N–H and O–H groups in total. The summed E-state index contributed by atoms with van der Waals surface area (Å²) in [5.74, 6) is 0. The quantitative estimate of drug-likeness (QED) is 0.484. The van der Waals surface area contributed by atoms with Crippen LogP contribution in [0.2, 0.25) is 0 Å². The van der Waals surface area contributed by atoms with Crippen LogP contribution in [0.3, 0.4) is 0 Å². The molecule has 2 aromatic carbocycles. The molecule has 6 heteroatoms. The first-order valence-electron chi connectivity index (χ1n) is 10.5. The summed E-state index contributed by atoms with van der Waals surface area (Å²) in [5.41, 5.74) is 6.42. The van der Waals surface area contributed by atoms with Crippen LogP contribution in [-0.2, 0) is 6.54 Å². The summed E-state index contributed by atoms with van der Waals surface area (Å²) in [5, 5.41) is 9.15. The number of methoxy groups -OCH3 is 1. The number of hydrogen-bond acceptors (Lipinski definition) is 5. The van der Waals surface area contributed by atoms with Crippen molar-refractivity contribution in [2.45, 2.75) is 19.4 Å². The zero-order valence-corrected chi connectivity index (χ0v) is 17.5. The summed E-state index contributed by atoms with van der Waals surface area (Å²) in [6, 6.07) is 18.8. The van der Waals surface area contributed by atoms with Gasteiger partial charge in [0, 0.05) is 24.5 Å². The molecule has 0 spiro atoms. The lowest BCUT2D eigenvalue weighted by Gasteiger charge is -2.16. The van der Waals surface area contributed by atoms with Crippen LogP contribution in [0.4, 0.5) is 0 Å². The summed E-state index contributed by atoms with van der Waals surface area (Å²) in [7, 11) is 1.61. The predicted molar refractivity (Wildman–Crippen MR) is 120 cm³/mol. The molecule has 31 heavy (non-hydrogen) atoms. The number of rotatable bonds is 5. The van der Waals surface area contributed by atoms with Gasteiger partial charge in [0.15, 0.2) is 5.65 Å². The van der Waals surface area contributed by atoms with Crippen molar-refractivity contribution in [2.24, 2.45) is 0 Å². The monoisotopic (exact) mass is 409 g/mol. The van der Waals surface area contributed by atoms with Gasteiger partial charge in [0.2, 0.25) is 0 Å². The lowest BCUT2D eigenvalue weighted by atomic mass is 9.98. The van der Waals surface area contributed by atoms with Crippen LogP contribution in [0, 0.1) is 11.3 Å². The minimum Gasteiger partial charge on any atom is -0.468 e. The first-order valence-corrected chi connectivity index (χ1v) is 10.5. The normalized spacial score (nSPS) is 14.1. The van der Waals surface area contributed by atoms with Gasteiger partial charge in [0.05, 0.1) is 30.0 Å². The Morgan fingerprint density at radius 3 is 2.39 bits per heavy atom. The third-order valence-corrected chi connectivity index (χ3v) is 5.83. The number of aromatic nitrogens is 3. The Hall–Kier alpha value is -3.69. The lowest BCUT2D eigenvalue weighted by molar-refractivity contribution is 0.331. The Morgan fingerprint density at radius 2 is 1.71 bits per heavy atom. The zero-order chi connectivity index (χ0) is 21.2. The molecule has 1 fully saturated rings. The largest absolute Gasteiger partial charge is 0.468 e. The molecule has 2 aromatic heterocycles. The van der Waals surface area contributed by atoms with Gasteiger partial charge in [-0.1, -0.05) is 36.4 Å². The van der Waals surface area contributed by atoms with Crippen LogP contribution in [0.15, 0.2) is 60.9 Å². The van der Waals surface area contributed by atoms with E-state index in [4.69, 9.17) is 15.0 Å².